The summed E-state index contributed by atoms with van der Waals surface area (Å²) >= 11 is 0. The molecule has 1 heterocycles. The predicted octanol–water partition coefficient (Wildman–Crippen LogP) is 14.1. The molecule has 0 saturated carbocycles. The van der Waals surface area contributed by atoms with Crippen LogP contribution < -0.4 is 4.90 Å². The van der Waals surface area contributed by atoms with Gasteiger partial charge in [-0.25, -0.2) is 4.98 Å². The Hall–Kier alpha value is -5.93. The molecule has 0 aliphatic carbocycles. The van der Waals surface area contributed by atoms with Crippen LogP contribution in [0.2, 0.25) is 0 Å². The number of nitrogens with zero attached hydrogens (tertiary/aromatic N) is 3. The molecule has 0 aliphatic rings. The van der Waals surface area contributed by atoms with Gasteiger partial charge in [-0.15, -0.1) is 0 Å². The zero-order valence-electron chi connectivity index (χ0n) is 35.8. The lowest BCUT2D eigenvalue weighted by molar-refractivity contribution is 0.807. The van der Waals surface area contributed by atoms with E-state index in [0.717, 1.165) is 37.1 Å². The smallest absolute Gasteiger partial charge is 0.144 e. The van der Waals surface area contributed by atoms with Crippen LogP contribution in [0.5, 0.6) is 0 Å². The Morgan fingerprint density at radius 2 is 1.12 bits per heavy atom. The first kappa shape index (κ1) is 40.3. The topological polar surface area (TPSA) is 21.1 Å². The molecule has 7 aromatic rings. The van der Waals surface area contributed by atoms with Crippen LogP contribution in [0.4, 0.5) is 5.69 Å². The fourth-order valence-electron chi connectivity index (χ4n) is 8.42. The minimum Gasteiger partial charge on any atom is -0.344 e. The molecule has 0 aliphatic heterocycles. The van der Waals surface area contributed by atoms with Crippen molar-refractivity contribution in [3.8, 4) is 28.2 Å². The van der Waals surface area contributed by atoms with Crippen LogP contribution in [0.1, 0.15) is 96.5 Å². The van der Waals surface area contributed by atoms with Crippen LogP contribution in [0.3, 0.4) is 0 Å². The molecule has 58 heavy (non-hydrogen) atoms. The van der Waals surface area contributed by atoms with Crippen molar-refractivity contribution in [1.29, 1.82) is 0 Å². The lowest BCUT2D eigenvalue weighted by Crippen LogP contribution is -2.16. The molecular formula is C55H59N3. The maximum Gasteiger partial charge on any atom is 0.144 e. The van der Waals surface area contributed by atoms with Crippen molar-refractivity contribution < 1.29 is 0 Å². The van der Waals surface area contributed by atoms with Gasteiger partial charge in [-0.3, -0.25) is 4.57 Å². The van der Waals surface area contributed by atoms with Crippen LogP contribution in [0, 0.1) is 13.8 Å². The average molecular weight is 762 g/mol. The van der Waals surface area contributed by atoms with Crippen molar-refractivity contribution in [2.24, 2.45) is 0 Å². The fourth-order valence-corrected chi connectivity index (χ4v) is 8.42. The van der Waals surface area contributed by atoms with Gasteiger partial charge in [-0.1, -0.05) is 143 Å². The largest absolute Gasteiger partial charge is 0.344 e. The Bertz CT molecular complexity index is 2430. The summed E-state index contributed by atoms with van der Waals surface area (Å²) in [5, 5.41) is 0. The summed E-state index contributed by atoms with van der Waals surface area (Å²) in [6.07, 6.45) is 10.4. The first-order chi connectivity index (χ1) is 28.1. The lowest BCUT2D eigenvalue weighted by atomic mass is 9.88. The molecule has 0 N–H and O–H groups in total. The summed E-state index contributed by atoms with van der Waals surface area (Å²) in [5.74, 6) is 1.70. The van der Waals surface area contributed by atoms with Gasteiger partial charge in [0, 0.05) is 42.0 Å². The molecule has 0 saturated heterocycles. The van der Waals surface area contributed by atoms with E-state index >= 15 is 0 Å². The van der Waals surface area contributed by atoms with Gasteiger partial charge < -0.3 is 4.90 Å². The van der Waals surface area contributed by atoms with Crippen molar-refractivity contribution in [3.05, 3.63) is 202 Å². The predicted molar refractivity (Wildman–Crippen MR) is 248 cm³/mol. The Morgan fingerprint density at radius 1 is 0.586 bits per heavy atom. The van der Waals surface area contributed by atoms with E-state index in [1.54, 1.807) is 0 Å². The van der Waals surface area contributed by atoms with E-state index in [1.807, 2.05) is 6.20 Å². The third-order valence-corrected chi connectivity index (χ3v) is 11.7. The molecule has 7 rings (SSSR count). The molecule has 3 nitrogen and oxygen atoms in total. The van der Waals surface area contributed by atoms with Crippen LogP contribution in [0.15, 0.2) is 152 Å². The van der Waals surface area contributed by atoms with E-state index in [9.17, 15) is 0 Å². The van der Waals surface area contributed by atoms with Crippen molar-refractivity contribution in [1.82, 2.24) is 9.55 Å². The summed E-state index contributed by atoms with van der Waals surface area (Å²) < 4.78 is 2.32. The summed E-state index contributed by atoms with van der Waals surface area (Å²) in [7, 11) is 2.17. The minimum absolute atomic E-state index is 0.359. The van der Waals surface area contributed by atoms with E-state index in [4.69, 9.17) is 4.98 Å². The zero-order valence-corrected chi connectivity index (χ0v) is 35.8. The van der Waals surface area contributed by atoms with Gasteiger partial charge in [0.2, 0.25) is 0 Å². The second kappa shape index (κ2) is 18.1. The number of anilines is 1. The van der Waals surface area contributed by atoms with E-state index < -0.39 is 0 Å². The normalized spacial score (nSPS) is 11.8. The number of aromatic nitrogens is 2. The van der Waals surface area contributed by atoms with Crippen molar-refractivity contribution in [2.75, 3.05) is 11.9 Å². The number of allylic oxidation sites excluding steroid dienone is 1. The number of hydrogen-bond acceptors (Lipinski definition) is 2. The molecular weight excluding hydrogens is 703 g/mol. The highest BCUT2D eigenvalue weighted by atomic mass is 15.1. The Morgan fingerprint density at radius 3 is 1.67 bits per heavy atom. The molecule has 3 heteroatoms. The third-order valence-electron chi connectivity index (χ3n) is 11.7. The molecule has 0 amide bonds. The highest BCUT2D eigenvalue weighted by Gasteiger charge is 2.21. The Kier molecular flexibility index (Phi) is 12.6. The summed E-state index contributed by atoms with van der Waals surface area (Å²) in [4.78, 5) is 7.22. The minimum atomic E-state index is 0.359. The van der Waals surface area contributed by atoms with Crippen LogP contribution in [0.25, 0.3) is 33.9 Å². The van der Waals surface area contributed by atoms with E-state index in [1.165, 1.54) is 78.3 Å². The fraction of sp³-hybridized carbons (Fsp3) is 0.255. The van der Waals surface area contributed by atoms with E-state index in [0.29, 0.717) is 11.8 Å². The van der Waals surface area contributed by atoms with E-state index in [-0.39, 0.29) is 0 Å². The lowest BCUT2D eigenvalue weighted by Gasteiger charge is -2.26. The zero-order chi connectivity index (χ0) is 40.8. The number of imidazole rings is 1. The molecule has 0 atom stereocenters. The molecule has 0 bridgehead atoms. The quantitative estimate of drug-likeness (QED) is 0.110. The first-order valence-electron chi connectivity index (χ1n) is 21.1. The molecule has 1 aromatic heterocycles. The van der Waals surface area contributed by atoms with Gasteiger partial charge in [0.25, 0.3) is 0 Å². The van der Waals surface area contributed by atoms with Crippen molar-refractivity contribution >= 4 is 11.4 Å². The van der Waals surface area contributed by atoms with Crippen LogP contribution >= 0.6 is 0 Å². The number of benzene rings is 6. The van der Waals surface area contributed by atoms with Gasteiger partial charge in [0.1, 0.15) is 5.82 Å². The maximum absolute atomic E-state index is 4.91. The van der Waals surface area contributed by atoms with E-state index in [2.05, 4.69) is 211 Å². The summed E-state index contributed by atoms with van der Waals surface area (Å²) in [6.45, 7) is 15.7. The summed E-state index contributed by atoms with van der Waals surface area (Å²) in [5.41, 5.74) is 19.5. The van der Waals surface area contributed by atoms with Crippen LogP contribution in [-0.4, -0.2) is 16.6 Å². The van der Waals surface area contributed by atoms with Gasteiger partial charge in [-0.2, -0.15) is 0 Å². The second-order valence-corrected chi connectivity index (χ2v) is 16.5. The summed E-state index contributed by atoms with van der Waals surface area (Å²) in [6, 6.07) is 49.4. The second-order valence-electron chi connectivity index (χ2n) is 16.5. The van der Waals surface area contributed by atoms with Crippen LogP contribution in [-0.2, 0) is 25.7 Å². The molecule has 0 spiro atoms. The Labute approximate surface area is 347 Å². The molecule has 0 radical (unpaired) electrons. The molecule has 0 unspecified atom stereocenters. The average Bonchev–Trinajstić information content (AvgIpc) is 3.73. The van der Waals surface area contributed by atoms with Gasteiger partial charge in [0.15, 0.2) is 0 Å². The standard InChI is InChI=1S/C55H59N3/c1-9-52(53-40(6)15-13-16-41(53)7)57(8)49-31-27-43(28-32-49)22-24-45-18-14-17-44(35-45)23-21-42-25-29-47(30-26-42)55-56-33-34-58(55)54-50(38(2)3)36-48(37-51(54)39(4)5)46-19-11-10-12-20-46/h9-20,25-39H,21-24H2,1-8H3/b52-9-. The van der Waals surface area contributed by atoms with Gasteiger partial charge >= 0.3 is 0 Å². The molecule has 6 aromatic carbocycles. The highest BCUT2D eigenvalue weighted by Crippen LogP contribution is 2.38. The third kappa shape index (κ3) is 8.95. The van der Waals surface area contributed by atoms with Crippen molar-refractivity contribution in [3.63, 3.8) is 0 Å². The Balaban J connectivity index is 1.00. The number of hydrogen-bond donors (Lipinski definition) is 0. The number of rotatable bonds is 14. The van der Waals surface area contributed by atoms with Gasteiger partial charge in [0.05, 0.1) is 5.69 Å². The van der Waals surface area contributed by atoms with Gasteiger partial charge in [-0.05, 0) is 138 Å². The monoisotopic (exact) mass is 761 g/mol. The maximum atomic E-state index is 4.91. The highest BCUT2D eigenvalue weighted by molar-refractivity contribution is 5.81. The SMILES string of the molecule is C/C=C(/c1c(C)cccc1C)N(C)c1ccc(CCc2cccc(CCc3ccc(-c4nccn4-c4c(C(C)C)cc(-c5ccccc5)cc4C(C)C)cc3)c2)cc1. The first-order valence-corrected chi connectivity index (χ1v) is 21.1. The molecule has 0 fully saturated rings. The molecule has 294 valence electrons. The van der Waals surface area contributed by atoms with Crippen molar-refractivity contribution in [2.45, 2.75) is 86.0 Å². The number of aryl methyl sites for hydroxylation is 6.